The number of hydrogen-bond donors (Lipinski definition) is 0. The summed E-state index contributed by atoms with van der Waals surface area (Å²) in [5, 5.41) is 0. The molecule has 0 spiro atoms. The highest BCUT2D eigenvalue weighted by molar-refractivity contribution is 9.11. The van der Waals surface area contributed by atoms with Crippen molar-refractivity contribution in [1.82, 2.24) is 4.90 Å². The second-order valence-electron chi connectivity index (χ2n) is 4.80. The van der Waals surface area contributed by atoms with Gasteiger partial charge in [-0.25, -0.2) is 0 Å². The van der Waals surface area contributed by atoms with Crippen LogP contribution in [0.1, 0.15) is 19.8 Å². The maximum Gasteiger partial charge on any atom is 0.169 e. The van der Waals surface area contributed by atoms with E-state index >= 15 is 0 Å². The number of rotatable bonds is 3. The molecule has 0 N–H and O–H groups in total. The van der Waals surface area contributed by atoms with Crippen LogP contribution in [0.5, 0.6) is 0 Å². The Morgan fingerprint density at radius 3 is 2.81 bits per heavy atom. The van der Waals surface area contributed by atoms with Crippen molar-refractivity contribution in [2.45, 2.75) is 25.6 Å². The first kappa shape index (κ1) is 12.6. The molecule has 2 heterocycles. The van der Waals surface area contributed by atoms with Crippen molar-refractivity contribution in [1.29, 1.82) is 0 Å². The third-order valence-corrected chi connectivity index (χ3v) is 3.75. The van der Waals surface area contributed by atoms with Gasteiger partial charge in [0.25, 0.3) is 0 Å². The molecule has 0 aromatic rings. The van der Waals surface area contributed by atoms with E-state index in [1.165, 1.54) is 12.8 Å². The molecule has 0 saturated carbocycles. The molecular weight excluding hydrogens is 270 g/mol. The molecule has 1 atom stereocenters. The molecule has 0 aliphatic carbocycles. The standard InChI is InChI=1S/C12H20BrNO2/c1-10(13)8-14-5-3-4-11(9-14)12(2)15-6-7-16-12/h11H,1,3-9H2,2H3/t11-/m0/s1. The van der Waals surface area contributed by atoms with Crippen LogP contribution in [0.15, 0.2) is 11.1 Å². The fraction of sp³-hybridized carbons (Fsp3) is 0.833. The number of piperidine rings is 1. The minimum Gasteiger partial charge on any atom is -0.347 e. The SMILES string of the molecule is C=C(Br)CN1CCC[C@H](C2(C)OCCO2)C1. The van der Waals surface area contributed by atoms with Gasteiger partial charge in [0.05, 0.1) is 13.2 Å². The molecule has 2 rings (SSSR count). The number of ether oxygens (including phenoxy) is 2. The van der Waals surface area contributed by atoms with Gasteiger partial charge in [0.1, 0.15) is 0 Å². The lowest BCUT2D eigenvalue weighted by Crippen LogP contribution is -2.47. The molecule has 2 aliphatic heterocycles. The summed E-state index contributed by atoms with van der Waals surface area (Å²) in [6.07, 6.45) is 2.41. The van der Waals surface area contributed by atoms with Crippen molar-refractivity contribution in [3.05, 3.63) is 11.1 Å². The van der Waals surface area contributed by atoms with Crippen LogP contribution in [0.25, 0.3) is 0 Å². The average molecular weight is 290 g/mol. The van der Waals surface area contributed by atoms with E-state index in [4.69, 9.17) is 9.47 Å². The van der Waals surface area contributed by atoms with E-state index in [1.54, 1.807) is 0 Å². The molecule has 0 unspecified atom stereocenters. The molecule has 0 radical (unpaired) electrons. The van der Waals surface area contributed by atoms with Crippen molar-refractivity contribution < 1.29 is 9.47 Å². The number of nitrogens with zero attached hydrogens (tertiary/aromatic N) is 1. The first-order chi connectivity index (χ1) is 7.60. The Kier molecular flexibility index (Phi) is 4.06. The van der Waals surface area contributed by atoms with Gasteiger partial charge in [-0.15, -0.1) is 0 Å². The Morgan fingerprint density at radius 2 is 2.19 bits per heavy atom. The predicted molar refractivity (Wildman–Crippen MR) is 67.5 cm³/mol. The van der Waals surface area contributed by atoms with Gasteiger partial charge in [-0.2, -0.15) is 0 Å². The molecule has 2 fully saturated rings. The lowest BCUT2D eigenvalue weighted by atomic mass is 9.90. The normalized spacial score (nSPS) is 30.5. The summed E-state index contributed by atoms with van der Waals surface area (Å²) in [4.78, 5) is 2.42. The van der Waals surface area contributed by atoms with E-state index in [1.807, 2.05) is 0 Å². The van der Waals surface area contributed by atoms with Crippen molar-refractivity contribution in [3.8, 4) is 0 Å². The van der Waals surface area contributed by atoms with E-state index in [0.29, 0.717) is 5.92 Å². The zero-order chi connectivity index (χ0) is 11.6. The summed E-state index contributed by atoms with van der Waals surface area (Å²) in [5.74, 6) is 0.127. The van der Waals surface area contributed by atoms with Crippen LogP contribution in [0.4, 0.5) is 0 Å². The van der Waals surface area contributed by atoms with Crippen LogP contribution in [-0.4, -0.2) is 43.5 Å². The van der Waals surface area contributed by atoms with Crippen molar-refractivity contribution in [2.24, 2.45) is 5.92 Å². The molecule has 92 valence electrons. The maximum absolute atomic E-state index is 5.75. The minimum atomic E-state index is -0.355. The second kappa shape index (κ2) is 5.17. The molecule has 3 nitrogen and oxygen atoms in total. The van der Waals surface area contributed by atoms with Gasteiger partial charge >= 0.3 is 0 Å². The summed E-state index contributed by atoms with van der Waals surface area (Å²) in [6.45, 7) is 10.6. The smallest absolute Gasteiger partial charge is 0.169 e. The maximum atomic E-state index is 5.75. The predicted octanol–water partition coefficient (Wildman–Crippen LogP) is 2.37. The lowest BCUT2D eigenvalue weighted by Gasteiger charge is -2.39. The summed E-state index contributed by atoms with van der Waals surface area (Å²) in [5.41, 5.74) is 0. The summed E-state index contributed by atoms with van der Waals surface area (Å²) in [6, 6.07) is 0. The zero-order valence-corrected chi connectivity index (χ0v) is 11.5. The highest BCUT2D eigenvalue weighted by Gasteiger charge is 2.41. The lowest BCUT2D eigenvalue weighted by molar-refractivity contribution is -0.191. The van der Waals surface area contributed by atoms with Crippen LogP contribution in [0, 0.1) is 5.92 Å². The molecule has 2 saturated heterocycles. The van der Waals surface area contributed by atoms with Crippen LogP contribution in [-0.2, 0) is 9.47 Å². The quantitative estimate of drug-likeness (QED) is 0.796. The molecule has 2 aliphatic rings. The van der Waals surface area contributed by atoms with Gasteiger partial charge < -0.3 is 9.47 Å². The Balaban J connectivity index is 1.93. The van der Waals surface area contributed by atoms with Crippen LogP contribution >= 0.6 is 15.9 Å². The monoisotopic (exact) mass is 289 g/mol. The van der Waals surface area contributed by atoms with Gasteiger partial charge in [-0.1, -0.05) is 22.5 Å². The molecule has 0 amide bonds. The van der Waals surface area contributed by atoms with Crippen molar-refractivity contribution in [3.63, 3.8) is 0 Å². The average Bonchev–Trinajstić information content (AvgIpc) is 2.66. The molecular formula is C12H20BrNO2. The Bertz CT molecular complexity index is 264. The van der Waals surface area contributed by atoms with E-state index in [9.17, 15) is 0 Å². The molecule has 0 aromatic carbocycles. The van der Waals surface area contributed by atoms with Crippen molar-refractivity contribution >= 4 is 15.9 Å². The van der Waals surface area contributed by atoms with E-state index in [2.05, 4.69) is 34.3 Å². The topological polar surface area (TPSA) is 21.7 Å². The molecule has 16 heavy (non-hydrogen) atoms. The Morgan fingerprint density at radius 1 is 1.50 bits per heavy atom. The Hall–Kier alpha value is 0.1000. The summed E-state index contributed by atoms with van der Waals surface area (Å²) < 4.78 is 12.5. The van der Waals surface area contributed by atoms with Gasteiger partial charge in [-0.05, 0) is 26.3 Å². The highest BCUT2D eigenvalue weighted by Crippen LogP contribution is 2.34. The van der Waals surface area contributed by atoms with Gasteiger partial charge in [0, 0.05) is 23.5 Å². The summed E-state index contributed by atoms with van der Waals surface area (Å²) >= 11 is 3.43. The number of hydrogen-bond acceptors (Lipinski definition) is 3. The minimum absolute atomic E-state index is 0.355. The fourth-order valence-corrected chi connectivity index (χ4v) is 2.99. The Labute approximate surface area is 106 Å². The summed E-state index contributed by atoms with van der Waals surface area (Å²) in [7, 11) is 0. The number of likely N-dealkylation sites (tertiary alicyclic amines) is 1. The fourth-order valence-electron chi connectivity index (χ4n) is 2.64. The van der Waals surface area contributed by atoms with Crippen LogP contribution < -0.4 is 0 Å². The second-order valence-corrected chi connectivity index (χ2v) is 5.93. The first-order valence-corrected chi connectivity index (χ1v) is 6.73. The number of halogens is 1. The van der Waals surface area contributed by atoms with Gasteiger partial charge in [0.15, 0.2) is 5.79 Å². The third-order valence-electron chi connectivity index (χ3n) is 3.50. The molecule has 4 heteroatoms. The van der Waals surface area contributed by atoms with Gasteiger partial charge in [0.2, 0.25) is 0 Å². The van der Waals surface area contributed by atoms with E-state index in [-0.39, 0.29) is 5.79 Å². The largest absolute Gasteiger partial charge is 0.347 e. The first-order valence-electron chi connectivity index (χ1n) is 5.94. The zero-order valence-electron chi connectivity index (χ0n) is 9.88. The highest BCUT2D eigenvalue weighted by atomic mass is 79.9. The van der Waals surface area contributed by atoms with Crippen molar-refractivity contribution in [2.75, 3.05) is 32.8 Å². The van der Waals surface area contributed by atoms with E-state index in [0.717, 1.165) is 37.3 Å². The van der Waals surface area contributed by atoms with Crippen LogP contribution in [0.2, 0.25) is 0 Å². The molecule has 0 bridgehead atoms. The third kappa shape index (κ3) is 2.86. The van der Waals surface area contributed by atoms with E-state index < -0.39 is 0 Å². The van der Waals surface area contributed by atoms with Gasteiger partial charge in [-0.3, -0.25) is 4.90 Å². The van der Waals surface area contributed by atoms with Crippen LogP contribution in [0.3, 0.4) is 0 Å². The molecule has 0 aromatic heterocycles.